The lowest BCUT2D eigenvalue weighted by molar-refractivity contribution is 0.530. The summed E-state index contributed by atoms with van der Waals surface area (Å²) in [5.41, 5.74) is 4.78. The first-order chi connectivity index (χ1) is 8.40. The Kier molecular flexibility index (Phi) is 2.05. The number of aryl methyl sites for hydroxylation is 1. The smallest absolute Gasteiger partial charge is 0.0121 e. The van der Waals surface area contributed by atoms with Crippen molar-refractivity contribution in [3.8, 4) is 0 Å². The van der Waals surface area contributed by atoms with Crippen LogP contribution in [0.1, 0.15) is 24.0 Å². The molecule has 0 nitrogen and oxygen atoms in total. The van der Waals surface area contributed by atoms with Crippen molar-refractivity contribution in [2.75, 3.05) is 0 Å². The predicted molar refractivity (Wildman–Crippen MR) is 70.8 cm³/mol. The average molecular weight is 222 g/mol. The van der Waals surface area contributed by atoms with Gasteiger partial charge in [-0.1, -0.05) is 42.5 Å². The van der Waals surface area contributed by atoms with E-state index in [1.807, 2.05) is 0 Å². The van der Waals surface area contributed by atoms with Gasteiger partial charge in [-0.25, -0.2) is 0 Å². The SMILES string of the molecule is C1=CC2CC2C=C1C1CCc2ccccc2C1. The summed E-state index contributed by atoms with van der Waals surface area (Å²) in [4.78, 5) is 0. The molecule has 0 N–H and O–H groups in total. The largest absolute Gasteiger partial charge is 0.0805 e. The van der Waals surface area contributed by atoms with E-state index >= 15 is 0 Å². The van der Waals surface area contributed by atoms with E-state index in [-0.39, 0.29) is 0 Å². The first-order valence-corrected chi connectivity index (χ1v) is 6.87. The third-order valence-electron chi connectivity index (χ3n) is 4.65. The predicted octanol–water partition coefficient (Wildman–Crippen LogP) is 3.92. The van der Waals surface area contributed by atoms with Crippen molar-refractivity contribution in [1.29, 1.82) is 0 Å². The lowest BCUT2D eigenvalue weighted by atomic mass is 9.79. The Morgan fingerprint density at radius 3 is 2.76 bits per heavy atom. The van der Waals surface area contributed by atoms with E-state index in [1.54, 1.807) is 16.7 Å². The Morgan fingerprint density at radius 2 is 1.88 bits per heavy atom. The first-order valence-electron chi connectivity index (χ1n) is 6.87. The van der Waals surface area contributed by atoms with Crippen LogP contribution in [0.4, 0.5) is 0 Å². The van der Waals surface area contributed by atoms with E-state index in [2.05, 4.69) is 42.5 Å². The second-order valence-electron chi connectivity index (χ2n) is 5.80. The molecule has 17 heavy (non-hydrogen) atoms. The molecule has 0 radical (unpaired) electrons. The molecule has 1 aromatic carbocycles. The molecule has 0 heteroatoms. The molecule has 4 rings (SSSR count). The summed E-state index contributed by atoms with van der Waals surface area (Å²) >= 11 is 0. The first kappa shape index (κ1) is 9.70. The highest BCUT2D eigenvalue weighted by molar-refractivity contribution is 5.37. The summed E-state index contributed by atoms with van der Waals surface area (Å²) in [6, 6.07) is 8.97. The molecular formula is C17H18. The van der Waals surface area contributed by atoms with Crippen LogP contribution in [-0.4, -0.2) is 0 Å². The monoisotopic (exact) mass is 222 g/mol. The zero-order valence-electron chi connectivity index (χ0n) is 10.1. The highest BCUT2D eigenvalue weighted by Crippen LogP contribution is 2.46. The second-order valence-corrected chi connectivity index (χ2v) is 5.80. The number of rotatable bonds is 1. The molecule has 86 valence electrons. The zero-order valence-corrected chi connectivity index (χ0v) is 10.1. The fraction of sp³-hybridized carbons (Fsp3) is 0.412. The summed E-state index contributed by atoms with van der Waals surface area (Å²) in [5, 5.41) is 0. The van der Waals surface area contributed by atoms with Gasteiger partial charge in [0.25, 0.3) is 0 Å². The van der Waals surface area contributed by atoms with Crippen LogP contribution in [0.25, 0.3) is 0 Å². The van der Waals surface area contributed by atoms with Gasteiger partial charge in [0.2, 0.25) is 0 Å². The van der Waals surface area contributed by atoms with Crippen molar-refractivity contribution in [2.24, 2.45) is 17.8 Å². The number of fused-ring (bicyclic) bond motifs is 2. The maximum Gasteiger partial charge on any atom is -0.0121 e. The van der Waals surface area contributed by atoms with Crippen molar-refractivity contribution in [2.45, 2.75) is 25.7 Å². The molecule has 1 saturated carbocycles. The average Bonchev–Trinajstić information content (AvgIpc) is 3.16. The minimum Gasteiger partial charge on any atom is -0.0805 e. The Hall–Kier alpha value is -1.30. The molecule has 0 amide bonds. The van der Waals surface area contributed by atoms with Crippen molar-refractivity contribution in [1.82, 2.24) is 0 Å². The van der Waals surface area contributed by atoms with Crippen molar-refractivity contribution in [3.05, 3.63) is 59.2 Å². The summed E-state index contributed by atoms with van der Waals surface area (Å²) in [6.07, 6.45) is 12.7. The molecule has 0 heterocycles. The Balaban J connectivity index is 1.60. The van der Waals surface area contributed by atoms with Crippen molar-refractivity contribution in [3.63, 3.8) is 0 Å². The lowest BCUT2D eigenvalue weighted by Gasteiger charge is -2.26. The van der Waals surface area contributed by atoms with Crippen LogP contribution < -0.4 is 0 Å². The van der Waals surface area contributed by atoms with Crippen LogP contribution in [-0.2, 0) is 12.8 Å². The summed E-state index contributed by atoms with van der Waals surface area (Å²) in [6.45, 7) is 0. The molecule has 0 aliphatic heterocycles. The molecule has 3 aliphatic rings. The lowest BCUT2D eigenvalue weighted by Crippen LogP contribution is -2.16. The Bertz CT molecular complexity index is 507. The van der Waals surface area contributed by atoms with Gasteiger partial charge in [-0.2, -0.15) is 0 Å². The fourth-order valence-corrected chi connectivity index (χ4v) is 3.44. The standard InChI is InChI=1S/C17H18/c1-2-4-13-9-14(6-5-12(13)3-1)15-7-8-16-11-17(16)10-15/h1-4,7-8,10,14,16-17H,5-6,9,11H2. The summed E-state index contributed by atoms with van der Waals surface area (Å²) < 4.78 is 0. The van der Waals surface area contributed by atoms with E-state index < -0.39 is 0 Å². The number of allylic oxidation sites excluding steroid dienone is 4. The molecule has 1 fully saturated rings. The minimum atomic E-state index is 0.780. The van der Waals surface area contributed by atoms with E-state index in [4.69, 9.17) is 0 Å². The van der Waals surface area contributed by atoms with Gasteiger partial charge in [0.05, 0.1) is 0 Å². The minimum absolute atomic E-state index is 0.780. The van der Waals surface area contributed by atoms with Gasteiger partial charge in [-0.3, -0.25) is 0 Å². The Labute approximate surface area is 103 Å². The normalized spacial score (nSPS) is 33.6. The van der Waals surface area contributed by atoms with Crippen LogP contribution in [0, 0.1) is 17.8 Å². The molecule has 0 aromatic heterocycles. The summed E-state index contributed by atoms with van der Waals surface area (Å²) in [7, 11) is 0. The van der Waals surface area contributed by atoms with Crippen molar-refractivity contribution < 1.29 is 0 Å². The van der Waals surface area contributed by atoms with E-state index in [0.29, 0.717) is 0 Å². The summed E-state index contributed by atoms with van der Waals surface area (Å²) in [5.74, 6) is 2.57. The van der Waals surface area contributed by atoms with Gasteiger partial charge in [0, 0.05) is 0 Å². The third kappa shape index (κ3) is 1.67. The van der Waals surface area contributed by atoms with E-state index in [9.17, 15) is 0 Å². The number of hydrogen-bond donors (Lipinski definition) is 0. The topological polar surface area (TPSA) is 0 Å². The van der Waals surface area contributed by atoms with Gasteiger partial charge in [-0.05, 0) is 60.1 Å². The molecular weight excluding hydrogens is 204 g/mol. The van der Waals surface area contributed by atoms with Gasteiger partial charge < -0.3 is 0 Å². The highest BCUT2D eigenvalue weighted by Gasteiger charge is 2.36. The van der Waals surface area contributed by atoms with E-state index in [0.717, 1.165) is 17.8 Å². The van der Waals surface area contributed by atoms with Crippen LogP contribution in [0.3, 0.4) is 0 Å². The van der Waals surface area contributed by atoms with Crippen LogP contribution in [0.15, 0.2) is 48.1 Å². The van der Waals surface area contributed by atoms with E-state index in [1.165, 1.54) is 25.7 Å². The second kappa shape index (κ2) is 3.60. The molecule has 3 aliphatic carbocycles. The van der Waals surface area contributed by atoms with Gasteiger partial charge in [0.15, 0.2) is 0 Å². The molecule has 0 bridgehead atoms. The van der Waals surface area contributed by atoms with Crippen LogP contribution in [0.5, 0.6) is 0 Å². The van der Waals surface area contributed by atoms with Crippen LogP contribution >= 0.6 is 0 Å². The van der Waals surface area contributed by atoms with Gasteiger partial charge in [0.1, 0.15) is 0 Å². The molecule has 3 atom stereocenters. The zero-order chi connectivity index (χ0) is 11.2. The number of hydrogen-bond acceptors (Lipinski definition) is 0. The number of benzene rings is 1. The quantitative estimate of drug-likeness (QED) is 0.675. The van der Waals surface area contributed by atoms with Gasteiger partial charge >= 0.3 is 0 Å². The fourth-order valence-electron chi connectivity index (χ4n) is 3.44. The van der Waals surface area contributed by atoms with Crippen LogP contribution in [0.2, 0.25) is 0 Å². The maximum absolute atomic E-state index is 2.56. The third-order valence-corrected chi connectivity index (χ3v) is 4.65. The van der Waals surface area contributed by atoms with Gasteiger partial charge in [-0.15, -0.1) is 0 Å². The molecule has 1 aromatic rings. The molecule has 3 unspecified atom stereocenters. The highest BCUT2D eigenvalue weighted by atomic mass is 14.4. The molecule has 0 spiro atoms. The Morgan fingerprint density at radius 1 is 1.00 bits per heavy atom. The van der Waals surface area contributed by atoms with Crippen molar-refractivity contribution >= 4 is 0 Å². The molecule has 0 saturated heterocycles. The maximum atomic E-state index is 2.56.